The minimum atomic E-state index is -0.279. The first-order valence-corrected chi connectivity index (χ1v) is 28.4. The molecule has 18 aromatic rings. The van der Waals surface area contributed by atoms with Crippen molar-refractivity contribution >= 4 is 140 Å². The second-order valence-corrected chi connectivity index (χ2v) is 24.0. The molecule has 0 amide bonds. The fraction of sp³-hybridized carbons (Fsp3) is 0.0897. The predicted octanol–water partition coefficient (Wildman–Crippen LogP) is 21.9. The molecule has 0 saturated carbocycles. The highest BCUT2D eigenvalue weighted by molar-refractivity contribution is 6.32. The molecular formula is C78H52N2. The number of H-pyrrole nitrogens is 1. The average molecular weight is 1020 g/mol. The van der Waals surface area contributed by atoms with E-state index in [2.05, 4.69) is 252 Å². The van der Waals surface area contributed by atoms with E-state index in [0.717, 1.165) is 28.3 Å². The van der Waals surface area contributed by atoms with E-state index in [1.54, 1.807) is 0 Å². The third kappa shape index (κ3) is 5.80. The molecule has 2 heteroatoms. The van der Waals surface area contributed by atoms with E-state index in [-0.39, 0.29) is 5.41 Å². The third-order valence-corrected chi connectivity index (χ3v) is 19.2. The van der Waals surface area contributed by atoms with Gasteiger partial charge in [0.05, 0.1) is 5.69 Å². The lowest BCUT2D eigenvalue weighted by molar-refractivity contribution is 0.654. The highest BCUT2D eigenvalue weighted by Crippen LogP contribution is 2.49. The Bertz CT molecular complexity index is 5660. The number of nitrogens with one attached hydrogen (secondary N) is 1. The summed E-state index contributed by atoms with van der Waals surface area (Å²) in [5.41, 5.74) is 11.7. The van der Waals surface area contributed by atoms with Gasteiger partial charge in [0, 0.05) is 44.6 Å². The number of aryl methyl sites for hydroxylation is 1. The molecule has 0 bridgehead atoms. The monoisotopic (exact) mass is 1020 g/mol. The predicted molar refractivity (Wildman–Crippen MR) is 345 cm³/mol. The van der Waals surface area contributed by atoms with E-state index >= 15 is 0 Å². The van der Waals surface area contributed by atoms with Crippen LogP contribution in [0.5, 0.6) is 0 Å². The van der Waals surface area contributed by atoms with Crippen molar-refractivity contribution in [2.24, 2.45) is 0 Å². The smallest absolute Gasteiger partial charge is 0.0717 e. The van der Waals surface area contributed by atoms with Crippen molar-refractivity contribution in [1.82, 2.24) is 9.97 Å². The molecule has 80 heavy (non-hydrogen) atoms. The number of hydrogen-bond donors (Lipinski definition) is 1. The number of fused-ring (bicyclic) bond motifs is 2. The fourth-order valence-electron chi connectivity index (χ4n) is 15.5. The van der Waals surface area contributed by atoms with Gasteiger partial charge < -0.3 is 4.98 Å². The van der Waals surface area contributed by atoms with E-state index in [1.807, 2.05) is 0 Å². The van der Waals surface area contributed by atoms with Crippen LogP contribution < -0.4 is 0 Å². The quantitative estimate of drug-likeness (QED) is 0.130. The Balaban J connectivity index is 0.749. The molecule has 0 spiro atoms. The van der Waals surface area contributed by atoms with Crippen molar-refractivity contribution in [2.75, 3.05) is 0 Å². The van der Waals surface area contributed by atoms with Gasteiger partial charge in [0.25, 0.3) is 0 Å². The summed E-state index contributed by atoms with van der Waals surface area (Å²) in [7, 11) is 0. The second kappa shape index (κ2) is 15.6. The molecule has 0 aliphatic heterocycles. The van der Waals surface area contributed by atoms with Gasteiger partial charge in [-0.05, 0) is 188 Å². The van der Waals surface area contributed by atoms with Crippen LogP contribution in [0.2, 0.25) is 0 Å². The first-order chi connectivity index (χ1) is 39.1. The van der Waals surface area contributed by atoms with Gasteiger partial charge in [0.15, 0.2) is 0 Å². The van der Waals surface area contributed by atoms with Gasteiger partial charge in [-0.25, -0.2) is 0 Å². The maximum atomic E-state index is 5.47. The number of benzene rings is 16. The Morgan fingerprint density at radius 3 is 1.27 bits per heavy atom. The summed E-state index contributed by atoms with van der Waals surface area (Å²) in [6, 6.07) is 81.2. The van der Waals surface area contributed by atoms with Crippen LogP contribution in [-0.4, -0.2) is 9.97 Å². The number of pyridine rings is 1. The maximum Gasteiger partial charge on any atom is 0.0717 e. The SMILES string of the molecule is Cc1nc(-c2ccc3ccc4c(-c5ccc(-c6ccc7ccc8c(C(C)(C)c9ccc%10ccc%11cccc%12ccc9c%10c%11%12)ccc9ccc6c7c98)[nH]5)ccc5ccc2c3c54)cc2cc3ccc4c(C(C)C)ccc5ccc(c12)c3c54. The Morgan fingerprint density at radius 1 is 0.325 bits per heavy atom. The zero-order valence-electron chi connectivity index (χ0n) is 45.2. The van der Waals surface area contributed by atoms with E-state index in [4.69, 9.17) is 4.98 Å². The van der Waals surface area contributed by atoms with Crippen LogP contribution >= 0.6 is 0 Å². The molecule has 0 aliphatic rings. The Hall–Kier alpha value is -9.63. The molecule has 2 nitrogen and oxygen atoms in total. The zero-order chi connectivity index (χ0) is 53.0. The summed E-state index contributed by atoms with van der Waals surface area (Å²) >= 11 is 0. The largest absolute Gasteiger partial charge is 0.355 e. The number of nitrogens with zero attached hydrogens (tertiary/aromatic N) is 1. The Kier molecular flexibility index (Phi) is 8.63. The average Bonchev–Trinajstić information content (AvgIpc) is 4.04. The van der Waals surface area contributed by atoms with Crippen LogP contribution in [0.25, 0.3) is 174 Å². The summed E-state index contributed by atoms with van der Waals surface area (Å²) in [5, 5.41) is 33.7. The molecule has 0 fully saturated rings. The molecule has 0 radical (unpaired) electrons. The summed E-state index contributed by atoms with van der Waals surface area (Å²) in [4.78, 5) is 9.45. The molecule has 374 valence electrons. The van der Waals surface area contributed by atoms with E-state index in [9.17, 15) is 0 Å². The number of hydrogen-bond acceptors (Lipinski definition) is 1. The van der Waals surface area contributed by atoms with Crippen molar-refractivity contribution in [3.05, 3.63) is 235 Å². The number of aromatic amines is 1. The molecular weight excluding hydrogens is 965 g/mol. The number of rotatable bonds is 6. The van der Waals surface area contributed by atoms with Crippen LogP contribution in [0.4, 0.5) is 0 Å². The molecule has 16 aromatic carbocycles. The second-order valence-electron chi connectivity index (χ2n) is 24.0. The van der Waals surface area contributed by atoms with E-state index in [1.165, 1.54) is 168 Å². The van der Waals surface area contributed by atoms with Gasteiger partial charge in [-0.1, -0.05) is 216 Å². The number of aromatic nitrogens is 2. The van der Waals surface area contributed by atoms with Gasteiger partial charge in [-0.3, -0.25) is 4.98 Å². The minimum Gasteiger partial charge on any atom is -0.355 e. The van der Waals surface area contributed by atoms with E-state index in [0.29, 0.717) is 5.92 Å². The topological polar surface area (TPSA) is 28.7 Å². The lowest BCUT2D eigenvalue weighted by Gasteiger charge is -2.30. The molecule has 1 N–H and O–H groups in total. The normalized spacial score (nSPS) is 12.9. The van der Waals surface area contributed by atoms with Gasteiger partial charge in [-0.2, -0.15) is 0 Å². The maximum absolute atomic E-state index is 5.47. The van der Waals surface area contributed by atoms with Gasteiger partial charge in [0.2, 0.25) is 0 Å². The molecule has 0 atom stereocenters. The zero-order valence-corrected chi connectivity index (χ0v) is 45.2. The van der Waals surface area contributed by atoms with Crippen LogP contribution in [0, 0.1) is 6.92 Å². The highest BCUT2D eigenvalue weighted by Gasteiger charge is 2.30. The first kappa shape index (κ1) is 44.4. The minimum absolute atomic E-state index is 0.279. The summed E-state index contributed by atoms with van der Waals surface area (Å²) < 4.78 is 0. The van der Waals surface area contributed by atoms with Crippen molar-refractivity contribution in [3.8, 4) is 33.8 Å². The van der Waals surface area contributed by atoms with E-state index < -0.39 is 0 Å². The lowest BCUT2D eigenvalue weighted by Crippen LogP contribution is -2.20. The van der Waals surface area contributed by atoms with Crippen LogP contribution in [0.15, 0.2) is 212 Å². The van der Waals surface area contributed by atoms with Gasteiger partial charge in [0.1, 0.15) is 0 Å². The highest BCUT2D eigenvalue weighted by atomic mass is 14.7. The molecule has 0 aliphatic carbocycles. The summed E-state index contributed by atoms with van der Waals surface area (Å²) in [6.45, 7) is 11.6. The van der Waals surface area contributed by atoms with Crippen LogP contribution in [0.3, 0.4) is 0 Å². The van der Waals surface area contributed by atoms with Crippen LogP contribution in [-0.2, 0) is 5.41 Å². The Labute approximate surface area is 461 Å². The fourth-order valence-corrected chi connectivity index (χ4v) is 15.5. The summed E-state index contributed by atoms with van der Waals surface area (Å²) in [6.07, 6.45) is 0. The first-order valence-electron chi connectivity index (χ1n) is 28.4. The summed E-state index contributed by atoms with van der Waals surface area (Å²) in [5.74, 6) is 0.450. The standard InChI is InChI=1S/C78H52N2/c1-41(2)53-24-11-46-20-34-63-69-42(3)79-68(40-52(69)39-51-21-31-57(53)71(46)77(51)63)56-27-14-48-15-28-58-54(25-12-47-16-30-60(56)73(48)72(47)58)66-37-38-67(80-66)55-26-13-49-19-33-62-65(36-23-50-17-29-59(55)74(49)76(50)62)78(4,5)64-35-22-45-10-9-43-7-6-8-44-18-32-61(64)75(45)70(43)44/h6-41,80H,1-5H3. The lowest BCUT2D eigenvalue weighted by atomic mass is 9.73. The van der Waals surface area contributed by atoms with Crippen molar-refractivity contribution < 1.29 is 0 Å². The Morgan fingerprint density at radius 2 is 0.713 bits per heavy atom. The molecule has 2 aromatic heterocycles. The molecule has 0 saturated heterocycles. The third-order valence-electron chi connectivity index (χ3n) is 19.2. The van der Waals surface area contributed by atoms with Gasteiger partial charge in [-0.15, -0.1) is 0 Å². The molecule has 0 unspecified atom stereocenters. The van der Waals surface area contributed by atoms with Crippen LogP contribution in [0.1, 0.15) is 56.0 Å². The van der Waals surface area contributed by atoms with Gasteiger partial charge >= 0.3 is 0 Å². The van der Waals surface area contributed by atoms with Crippen molar-refractivity contribution in [2.45, 2.75) is 46.0 Å². The van der Waals surface area contributed by atoms with Crippen molar-refractivity contribution in [1.29, 1.82) is 0 Å². The van der Waals surface area contributed by atoms with Crippen molar-refractivity contribution in [3.63, 3.8) is 0 Å². The molecule has 2 heterocycles. The molecule has 18 rings (SSSR count).